The van der Waals surface area contributed by atoms with Crippen LogP contribution in [0.2, 0.25) is 0 Å². The van der Waals surface area contributed by atoms with E-state index in [1.807, 2.05) is 39.1 Å². The predicted molar refractivity (Wildman–Crippen MR) is 71.9 cm³/mol. The van der Waals surface area contributed by atoms with Crippen LogP contribution >= 0.6 is 11.3 Å². The lowest BCUT2D eigenvalue weighted by atomic mass is 9.93. The van der Waals surface area contributed by atoms with Crippen LogP contribution in [0, 0.1) is 12.8 Å². The Balaban J connectivity index is 2.43. The van der Waals surface area contributed by atoms with E-state index in [-0.39, 0.29) is 5.92 Å². The lowest BCUT2D eigenvalue weighted by Gasteiger charge is -2.14. The first-order valence-electron chi connectivity index (χ1n) is 5.84. The van der Waals surface area contributed by atoms with Crippen LogP contribution in [-0.2, 0) is 4.79 Å². The summed E-state index contributed by atoms with van der Waals surface area (Å²) in [4.78, 5) is 19.8. The van der Waals surface area contributed by atoms with Crippen LogP contribution in [0.3, 0.4) is 0 Å². The molecule has 0 aliphatic rings. The number of H-pyrrole nitrogens is 1. The van der Waals surface area contributed by atoms with Crippen molar-refractivity contribution >= 4 is 17.3 Å². The summed E-state index contributed by atoms with van der Waals surface area (Å²) in [5, 5.41) is 10.2. The third-order valence-corrected chi connectivity index (χ3v) is 4.15. The van der Waals surface area contributed by atoms with Gasteiger partial charge in [-0.25, -0.2) is 4.98 Å². The molecule has 0 aromatic carbocycles. The molecule has 0 fully saturated rings. The Morgan fingerprint density at radius 3 is 2.72 bits per heavy atom. The van der Waals surface area contributed by atoms with Crippen LogP contribution in [-0.4, -0.2) is 21.0 Å². The Hall–Kier alpha value is -1.62. The van der Waals surface area contributed by atoms with Crippen molar-refractivity contribution in [3.05, 3.63) is 28.9 Å². The predicted octanol–water partition coefficient (Wildman–Crippen LogP) is 3.27. The highest BCUT2D eigenvalue weighted by molar-refractivity contribution is 7.15. The summed E-state index contributed by atoms with van der Waals surface area (Å²) in [6, 6.07) is 3.84. The van der Waals surface area contributed by atoms with Crippen molar-refractivity contribution in [1.82, 2.24) is 9.97 Å². The number of thiazole rings is 1. The van der Waals surface area contributed by atoms with Gasteiger partial charge in [0.2, 0.25) is 0 Å². The molecule has 2 N–H and O–H groups in total. The number of aromatic amines is 1. The fourth-order valence-electron chi connectivity index (χ4n) is 1.98. The van der Waals surface area contributed by atoms with Gasteiger partial charge in [0.05, 0.1) is 17.3 Å². The van der Waals surface area contributed by atoms with Crippen molar-refractivity contribution in [2.45, 2.75) is 26.7 Å². The lowest BCUT2D eigenvalue weighted by Crippen LogP contribution is -2.17. The number of carboxylic acids is 1. The third kappa shape index (κ3) is 2.31. The topological polar surface area (TPSA) is 66.0 Å². The minimum Gasteiger partial charge on any atom is -0.481 e. The number of nitrogens with one attached hydrogen (secondary N) is 1. The van der Waals surface area contributed by atoms with Gasteiger partial charge in [-0.3, -0.25) is 4.79 Å². The summed E-state index contributed by atoms with van der Waals surface area (Å²) in [5.74, 6) is -1.21. The zero-order valence-electron chi connectivity index (χ0n) is 10.6. The Bertz CT molecular complexity index is 543. The summed E-state index contributed by atoms with van der Waals surface area (Å²) in [5.41, 5.74) is 1.74. The van der Waals surface area contributed by atoms with E-state index in [1.165, 1.54) is 11.3 Å². The molecule has 18 heavy (non-hydrogen) atoms. The van der Waals surface area contributed by atoms with Gasteiger partial charge in [0, 0.05) is 11.1 Å². The van der Waals surface area contributed by atoms with Gasteiger partial charge in [-0.05, 0) is 25.0 Å². The van der Waals surface area contributed by atoms with E-state index in [0.717, 1.165) is 21.3 Å². The third-order valence-electron chi connectivity index (χ3n) is 2.88. The normalized spacial score (nSPS) is 12.9. The summed E-state index contributed by atoms with van der Waals surface area (Å²) in [7, 11) is 0. The van der Waals surface area contributed by atoms with Gasteiger partial charge in [-0.15, -0.1) is 11.3 Å². The highest BCUT2D eigenvalue weighted by Crippen LogP contribution is 2.35. The second-order valence-electron chi connectivity index (χ2n) is 4.61. The van der Waals surface area contributed by atoms with Crippen LogP contribution in [0.4, 0.5) is 0 Å². The molecule has 2 rings (SSSR count). The van der Waals surface area contributed by atoms with E-state index in [1.54, 1.807) is 0 Å². The molecule has 0 saturated carbocycles. The molecular formula is C13H16N2O2S. The average molecular weight is 264 g/mol. The fourth-order valence-corrected chi connectivity index (χ4v) is 3.30. The van der Waals surface area contributed by atoms with Gasteiger partial charge in [0.25, 0.3) is 0 Å². The standard InChI is InChI=1S/C13H16N2O2S/c1-7(2)10(13(16)17)11-8(3)15-12(18-11)9-5-4-6-14-9/h4-7,10,14H,1-3H3,(H,16,17). The first kappa shape index (κ1) is 12.8. The molecule has 1 atom stereocenters. The minimum atomic E-state index is -0.783. The van der Waals surface area contributed by atoms with E-state index < -0.39 is 11.9 Å². The molecule has 0 saturated heterocycles. The van der Waals surface area contributed by atoms with E-state index in [9.17, 15) is 9.90 Å². The first-order valence-corrected chi connectivity index (χ1v) is 6.66. The molecule has 0 amide bonds. The van der Waals surface area contributed by atoms with Crippen molar-refractivity contribution in [2.75, 3.05) is 0 Å². The Morgan fingerprint density at radius 1 is 1.50 bits per heavy atom. The summed E-state index contributed by atoms with van der Waals surface area (Å²) < 4.78 is 0. The molecular weight excluding hydrogens is 248 g/mol. The Kier molecular flexibility index (Phi) is 3.52. The molecule has 5 heteroatoms. The van der Waals surface area contributed by atoms with Gasteiger partial charge in [-0.1, -0.05) is 13.8 Å². The average Bonchev–Trinajstić information content (AvgIpc) is 2.87. The van der Waals surface area contributed by atoms with Gasteiger partial charge < -0.3 is 10.1 Å². The molecule has 2 aromatic rings. The van der Waals surface area contributed by atoms with Gasteiger partial charge in [-0.2, -0.15) is 0 Å². The van der Waals surface area contributed by atoms with Crippen LogP contribution < -0.4 is 0 Å². The van der Waals surface area contributed by atoms with Gasteiger partial charge >= 0.3 is 5.97 Å². The number of hydrogen-bond acceptors (Lipinski definition) is 3. The number of nitrogens with zero attached hydrogens (tertiary/aromatic N) is 1. The maximum absolute atomic E-state index is 11.4. The van der Waals surface area contributed by atoms with Crippen LogP contribution in [0.1, 0.15) is 30.3 Å². The largest absolute Gasteiger partial charge is 0.481 e. The minimum absolute atomic E-state index is 0.0538. The van der Waals surface area contributed by atoms with Gasteiger partial charge in [0.1, 0.15) is 5.01 Å². The quantitative estimate of drug-likeness (QED) is 0.890. The van der Waals surface area contributed by atoms with E-state index >= 15 is 0 Å². The van der Waals surface area contributed by atoms with Crippen molar-refractivity contribution in [2.24, 2.45) is 5.92 Å². The molecule has 96 valence electrons. The lowest BCUT2D eigenvalue weighted by molar-refractivity contribution is -0.139. The maximum atomic E-state index is 11.4. The maximum Gasteiger partial charge on any atom is 0.312 e. The van der Waals surface area contributed by atoms with Crippen molar-refractivity contribution in [3.63, 3.8) is 0 Å². The molecule has 1 unspecified atom stereocenters. The van der Waals surface area contributed by atoms with Gasteiger partial charge in [0.15, 0.2) is 0 Å². The van der Waals surface area contributed by atoms with Crippen molar-refractivity contribution in [1.29, 1.82) is 0 Å². The van der Waals surface area contributed by atoms with Crippen LogP contribution in [0.15, 0.2) is 18.3 Å². The highest BCUT2D eigenvalue weighted by Gasteiger charge is 2.28. The SMILES string of the molecule is Cc1nc(-c2ccc[nH]2)sc1C(C(=O)O)C(C)C. The number of rotatable bonds is 4. The molecule has 2 heterocycles. The van der Waals surface area contributed by atoms with E-state index in [2.05, 4.69) is 9.97 Å². The number of hydrogen-bond donors (Lipinski definition) is 2. The molecule has 0 aliphatic heterocycles. The highest BCUT2D eigenvalue weighted by atomic mass is 32.1. The number of aliphatic carboxylic acids is 1. The van der Waals surface area contributed by atoms with Crippen LogP contribution in [0.25, 0.3) is 10.7 Å². The second-order valence-corrected chi connectivity index (χ2v) is 5.64. The summed E-state index contributed by atoms with van der Waals surface area (Å²) in [6.45, 7) is 5.72. The zero-order valence-corrected chi connectivity index (χ0v) is 11.4. The molecule has 0 aliphatic carbocycles. The number of aryl methyl sites for hydroxylation is 1. The molecule has 0 radical (unpaired) electrons. The molecule has 0 spiro atoms. The van der Waals surface area contributed by atoms with E-state index in [0.29, 0.717) is 0 Å². The Morgan fingerprint density at radius 2 is 2.22 bits per heavy atom. The van der Waals surface area contributed by atoms with Crippen LogP contribution in [0.5, 0.6) is 0 Å². The number of carboxylic acid groups (broad SMARTS) is 1. The second kappa shape index (κ2) is 4.94. The smallest absolute Gasteiger partial charge is 0.312 e. The monoisotopic (exact) mass is 264 g/mol. The van der Waals surface area contributed by atoms with Crippen molar-refractivity contribution < 1.29 is 9.90 Å². The summed E-state index contributed by atoms with van der Waals surface area (Å²) >= 11 is 1.46. The fraction of sp³-hybridized carbons (Fsp3) is 0.385. The molecule has 4 nitrogen and oxygen atoms in total. The Labute approximate surface area is 110 Å². The molecule has 0 bridgehead atoms. The number of aromatic nitrogens is 2. The van der Waals surface area contributed by atoms with E-state index in [4.69, 9.17) is 0 Å². The van der Waals surface area contributed by atoms with Crippen molar-refractivity contribution in [3.8, 4) is 10.7 Å². The first-order chi connectivity index (χ1) is 8.50. The number of carbonyl (C=O) groups is 1. The zero-order chi connectivity index (χ0) is 13.3. The molecule has 2 aromatic heterocycles. The summed E-state index contributed by atoms with van der Waals surface area (Å²) in [6.07, 6.45) is 1.84.